The van der Waals surface area contributed by atoms with Gasteiger partial charge < -0.3 is 9.15 Å². The Labute approximate surface area is 120 Å². The average molecular weight is 271 g/mol. The molecule has 0 N–H and O–H groups in total. The van der Waals surface area contributed by atoms with Crippen LogP contribution in [0.3, 0.4) is 0 Å². The van der Waals surface area contributed by atoms with E-state index in [2.05, 4.69) is 36.1 Å². The molecule has 20 heavy (non-hydrogen) atoms. The van der Waals surface area contributed by atoms with Gasteiger partial charge in [0.2, 0.25) is 0 Å². The van der Waals surface area contributed by atoms with E-state index in [4.69, 9.17) is 9.15 Å². The lowest BCUT2D eigenvalue weighted by atomic mass is 10.1. The van der Waals surface area contributed by atoms with Crippen molar-refractivity contribution in [1.29, 1.82) is 0 Å². The maximum Gasteiger partial charge on any atom is 0.152 e. The van der Waals surface area contributed by atoms with Gasteiger partial charge in [-0.25, -0.2) is 0 Å². The lowest BCUT2D eigenvalue weighted by Crippen LogP contribution is -2.33. The lowest BCUT2D eigenvalue weighted by Gasteiger charge is -2.23. The van der Waals surface area contributed by atoms with Crippen molar-refractivity contribution in [3.8, 4) is 5.75 Å². The fourth-order valence-electron chi connectivity index (χ4n) is 2.75. The molecule has 2 aromatic rings. The van der Waals surface area contributed by atoms with Crippen LogP contribution in [0.2, 0.25) is 0 Å². The van der Waals surface area contributed by atoms with Crippen LogP contribution in [0.5, 0.6) is 5.75 Å². The van der Waals surface area contributed by atoms with Gasteiger partial charge in [0.25, 0.3) is 0 Å². The van der Waals surface area contributed by atoms with Gasteiger partial charge in [-0.05, 0) is 49.2 Å². The highest BCUT2D eigenvalue weighted by atomic mass is 16.5. The molecule has 1 fully saturated rings. The predicted octanol–water partition coefficient (Wildman–Crippen LogP) is 3.69. The molecule has 0 spiro atoms. The van der Waals surface area contributed by atoms with Gasteiger partial charge in [-0.2, -0.15) is 0 Å². The molecule has 1 aliphatic rings. The Bertz CT molecular complexity index is 518. The fraction of sp³-hybridized carbons (Fsp3) is 0.412. The Morgan fingerprint density at radius 1 is 1.25 bits per heavy atom. The Morgan fingerprint density at radius 2 is 2.10 bits per heavy atom. The molecule has 1 saturated heterocycles. The van der Waals surface area contributed by atoms with E-state index in [-0.39, 0.29) is 6.23 Å². The Morgan fingerprint density at radius 3 is 2.80 bits per heavy atom. The smallest absolute Gasteiger partial charge is 0.152 e. The molecule has 0 radical (unpaired) electrons. The van der Waals surface area contributed by atoms with E-state index in [1.165, 1.54) is 12.0 Å². The van der Waals surface area contributed by atoms with Gasteiger partial charge in [-0.15, -0.1) is 0 Å². The topological polar surface area (TPSA) is 25.6 Å². The van der Waals surface area contributed by atoms with Crippen LogP contribution in [0.1, 0.15) is 31.1 Å². The van der Waals surface area contributed by atoms with E-state index in [0.717, 1.165) is 37.4 Å². The molecular weight excluding hydrogens is 250 g/mol. The summed E-state index contributed by atoms with van der Waals surface area (Å²) in [7, 11) is 0. The zero-order valence-corrected chi connectivity index (χ0v) is 11.9. The molecule has 0 bridgehead atoms. The fourth-order valence-corrected chi connectivity index (χ4v) is 2.75. The van der Waals surface area contributed by atoms with Gasteiger partial charge in [0.15, 0.2) is 6.23 Å². The van der Waals surface area contributed by atoms with Gasteiger partial charge in [-0.1, -0.05) is 19.1 Å². The quantitative estimate of drug-likeness (QED) is 0.829. The van der Waals surface area contributed by atoms with Gasteiger partial charge in [0.1, 0.15) is 11.5 Å². The van der Waals surface area contributed by atoms with Crippen LogP contribution in [-0.2, 0) is 6.42 Å². The summed E-state index contributed by atoms with van der Waals surface area (Å²) >= 11 is 0. The third-order valence-electron chi connectivity index (χ3n) is 3.86. The van der Waals surface area contributed by atoms with Gasteiger partial charge >= 0.3 is 0 Å². The molecule has 3 rings (SSSR count). The number of benzene rings is 1. The first-order chi connectivity index (χ1) is 9.85. The first-order valence-corrected chi connectivity index (χ1v) is 7.37. The average Bonchev–Trinajstić information content (AvgIpc) is 3.12. The number of ether oxygens (including phenoxy) is 1. The maximum absolute atomic E-state index is 6.07. The molecule has 0 saturated carbocycles. The summed E-state index contributed by atoms with van der Waals surface area (Å²) in [5.74, 6) is 1.95. The second-order valence-corrected chi connectivity index (χ2v) is 5.24. The van der Waals surface area contributed by atoms with Gasteiger partial charge in [0, 0.05) is 13.0 Å². The van der Waals surface area contributed by atoms with Crippen molar-refractivity contribution in [3.63, 3.8) is 0 Å². The maximum atomic E-state index is 6.07. The Hall–Kier alpha value is -1.74. The zero-order chi connectivity index (χ0) is 13.8. The summed E-state index contributed by atoms with van der Waals surface area (Å²) in [4.78, 5) is 2.39. The first kappa shape index (κ1) is 13.3. The molecule has 3 nitrogen and oxygen atoms in total. The van der Waals surface area contributed by atoms with Crippen molar-refractivity contribution in [2.24, 2.45) is 0 Å². The summed E-state index contributed by atoms with van der Waals surface area (Å²) in [5, 5.41) is 0. The minimum absolute atomic E-state index is 0.246. The summed E-state index contributed by atoms with van der Waals surface area (Å²) < 4.78 is 11.4. The van der Waals surface area contributed by atoms with E-state index < -0.39 is 0 Å². The standard InChI is InChI=1S/C17H21NO2/c1-2-18-11-3-6-17(18)20-15-9-7-14(8-10-15)13-16-5-4-12-19-16/h4-5,7-10,12,17H,2-3,6,11,13H2,1H3. The van der Waals surface area contributed by atoms with Crippen LogP contribution < -0.4 is 4.74 Å². The molecular formula is C17H21NO2. The summed E-state index contributed by atoms with van der Waals surface area (Å²) in [6.07, 6.45) is 5.15. The molecule has 1 aliphatic heterocycles. The SMILES string of the molecule is CCN1CCCC1Oc1ccc(Cc2ccco2)cc1. The van der Waals surface area contributed by atoms with Crippen molar-refractivity contribution in [1.82, 2.24) is 4.90 Å². The van der Waals surface area contributed by atoms with E-state index in [0.29, 0.717) is 0 Å². The Balaban J connectivity index is 1.61. The number of hydrogen-bond donors (Lipinski definition) is 0. The van der Waals surface area contributed by atoms with Crippen LogP contribution in [0.25, 0.3) is 0 Å². The van der Waals surface area contributed by atoms with Crippen LogP contribution in [0.15, 0.2) is 47.1 Å². The molecule has 106 valence electrons. The van der Waals surface area contributed by atoms with Gasteiger partial charge in [0.05, 0.1) is 6.26 Å². The van der Waals surface area contributed by atoms with E-state index in [1.807, 2.05) is 12.1 Å². The third kappa shape index (κ3) is 3.05. The van der Waals surface area contributed by atoms with Crippen molar-refractivity contribution in [2.45, 2.75) is 32.4 Å². The number of nitrogens with zero attached hydrogens (tertiary/aromatic N) is 1. The van der Waals surface area contributed by atoms with Crippen LogP contribution in [0, 0.1) is 0 Å². The van der Waals surface area contributed by atoms with E-state index >= 15 is 0 Å². The Kier molecular flexibility index (Phi) is 4.07. The molecule has 1 aromatic carbocycles. The highest BCUT2D eigenvalue weighted by Gasteiger charge is 2.24. The number of hydrogen-bond acceptors (Lipinski definition) is 3. The van der Waals surface area contributed by atoms with Crippen molar-refractivity contribution >= 4 is 0 Å². The van der Waals surface area contributed by atoms with E-state index in [9.17, 15) is 0 Å². The summed E-state index contributed by atoms with van der Waals surface area (Å²) in [6, 6.07) is 12.3. The number of likely N-dealkylation sites (tertiary alicyclic amines) is 1. The largest absolute Gasteiger partial charge is 0.475 e. The zero-order valence-electron chi connectivity index (χ0n) is 11.9. The highest BCUT2D eigenvalue weighted by molar-refractivity contribution is 5.29. The highest BCUT2D eigenvalue weighted by Crippen LogP contribution is 2.22. The molecule has 1 aromatic heterocycles. The normalized spacial score (nSPS) is 19.4. The van der Waals surface area contributed by atoms with Crippen molar-refractivity contribution in [2.75, 3.05) is 13.1 Å². The summed E-state index contributed by atoms with van der Waals surface area (Å²) in [5.41, 5.74) is 1.24. The summed E-state index contributed by atoms with van der Waals surface area (Å²) in [6.45, 7) is 4.40. The van der Waals surface area contributed by atoms with Crippen molar-refractivity contribution < 1.29 is 9.15 Å². The second kappa shape index (κ2) is 6.14. The predicted molar refractivity (Wildman–Crippen MR) is 78.9 cm³/mol. The minimum atomic E-state index is 0.246. The third-order valence-corrected chi connectivity index (χ3v) is 3.86. The number of rotatable bonds is 5. The van der Waals surface area contributed by atoms with Crippen LogP contribution in [0.4, 0.5) is 0 Å². The molecule has 0 amide bonds. The first-order valence-electron chi connectivity index (χ1n) is 7.37. The van der Waals surface area contributed by atoms with Crippen LogP contribution >= 0.6 is 0 Å². The molecule has 3 heteroatoms. The van der Waals surface area contributed by atoms with E-state index in [1.54, 1.807) is 6.26 Å². The van der Waals surface area contributed by atoms with Crippen LogP contribution in [-0.4, -0.2) is 24.2 Å². The minimum Gasteiger partial charge on any atom is -0.475 e. The number of furan rings is 1. The lowest BCUT2D eigenvalue weighted by molar-refractivity contribution is 0.0650. The molecule has 1 unspecified atom stereocenters. The second-order valence-electron chi connectivity index (χ2n) is 5.24. The van der Waals surface area contributed by atoms with Gasteiger partial charge in [-0.3, -0.25) is 4.90 Å². The molecule has 0 aliphatic carbocycles. The van der Waals surface area contributed by atoms with Crippen molar-refractivity contribution in [3.05, 3.63) is 54.0 Å². The molecule has 1 atom stereocenters. The monoisotopic (exact) mass is 271 g/mol. The molecule has 2 heterocycles.